The standard InChI is InChI=1S/C16H17N3O7S.K/c1-16(2)12(15(22)23)18-13(21)11(14(18)27-16)17-10(20)7-26-9-5-3-8(4-6-9)19(24)25;/h3-6,11-12,14H,7H2,1-2H3,(H,17,20)(H,22,23);/q;+1. The molecule has 2 saturated heterocycles. The second-order valence-electron chi connectivity index (χ2n) is 6.68. The van der Waals surface area contributed by atoms with Gasteiger partial charge in [-0.05, 0) is 26.0 Å². The van der Waals surface area contributed by atoms with Crippen molar-refractivity contribution in [3.63, 3.8) is 0 Å². The van der Waals surface area contributed by atoms with Crippen LogP contribution in [0.4, 0.5) is 5.69 Å². The van der Waals surface area contributed by atoms with E-state index in [0.29, 0.717) is 0 Å². The van der Waals surface area contributed by atoms with Gasteiger partial charge in [0.25, 0.3) is 11.6 Å². The average Bonchev–Trinajstić information content (AvgIpc) is 2.86. The number of hydrogen-bond acceptors (Lipinski definition) is 7. The van der Waals surface area contributed by atoms with Crippen molar-refractivity contribution in [1.29, 1.82) is 0 Å². The van der Waals surface area contributed by atoms with Gasteiger partial charge in [-0.1, -0.05) is 0 Å². The van der Waals surface area contributed by atoms with Gasteiger partial charge in [0.05, 0.1) is 4.92 Å². The van der Waals surface area contributed by atoms with E-state index in [9.17, 15) is 29.6 Å². The van der Waals surface area contributed by atoms with Crippen LogP contribution in [0.2, 0.25) is 0 Å². The fraction of sp³-hybridized carbons (Fsp3) is 0.438. The van der Waals surface area contributed by atoms with Crippen LogP contribution in [0.25, 0.3) is 0 Å². The summed E-state index contributed by atoms with van der Waals surface area (Å²) in [7, 11) is 0. The summed E-state index contributed by atoms with van der Waals surface area (Å²) in [6.07, 6.45) is 0. The average molecular weight is 434 g/mol. The number of non-ortho nitro benzene ring substituents is 1. The third-order valence-electron chi connectivity index (χ3n) is 4.41. The van der Waals surface area contributed by atoms with Crippen LogP contribution in [0.15, 0.2) is 24.3 Å². The number of hydrogen-bond donors (Lipinski definition) is 2. The quantitative estimate of drug-likeness (QED) is 0.219. The molecule has 3 unspecified atom stereocenters. The summed E-state index contributed by atoms with van der Waals surface area (Å²) in [6, 6.07) is 3.51. The molecule has 0 saturated carbocycles. The van der Waals surface area contributed by atoms with Gasteiger partial charge in [-0.15, -0.1) is 11.8 Å². The summed E-state index contributed by atoms with van der Waals surface area (Å²) in [5, 5.41) is 22.1. The molecule has 0 spiro atoms. The van der Waals surface area contributed by atoms with E-state index in [1.807, 2.05) is 0 Å². The molecule has 3 atom stereocenters. The van der Waals surface area contributed by atoms with Gasteiger partial charge in [-0.2, -0.15) is 0 Å². The van der Waals surface area contributed by atoms with Crippen LogP contribution in [0, 0.1) is 10.1 Å². The molecule has 3 rings (SSSR count). The van der Waals surface area contributed by atoms with Crippen molar-refractivity contribution in [2.24, 2.45) is 0 Å². The van der Waals surface area contributed by atoms with E-state index in [0.717, 1.165) is 0 Å². The molecule has 0 bridgehead atoms. The molecule has 144 valence electrons. The fourth-order valence-electron chi connectivity index (χ4n) is 3.17. The zero-order chi connectivity index (χ0) is 19.9. The van der Waals surface area contributed by atoms with Crippen LogP contribution in [-0.4, -0.2) is 61.5 Å². The van der Waals surface area contributed by atoms with Crippen LogP contribution >= 0.6 is 11.8 Å². The van der Waals surface area contributed by atoms with E-state index in [2.05, 4.69) is 5.32 Å². The first-order valence-corrected chi connectivity index (χ1v) is 8.89. The van der Waals surface area contributed by atoms with Crippen molar-refractivity contribution in [3.8, 4) is 5.75 Å². The number of aliphatic carboxylic acids is 1. The van der Waals surface area contributed by atoms with Crippen LogP contribution < -0.4 is 61.4 Å². The first-order chi connectivity index (χ1) is 12.6. The zero-order valence-electron chi connectivity index (χ0n) is 15.4. The summed E-state index contributed by atoms with van der Waals surface area (Å²) < 4.78 is 4.59. The molecule has 10 nitrogen and oxygen atoms in total. The SMILES string of the molecule is CC1(C)SC2C(NC(=O)COc3ccc([N+](=O)[O-])cc3)C(=O)N2C1C(=O)O.[K+]. The molecule has 2 amide bonds. The monoisotopic (exact) mass is 434 g/mol. The normalized spacial score (nSPS) is 24.4. The maximum Gasteiger partial charge on any atom is 1.00 e. The molecule has 1 aromatic carbocycles. The molecule has 12 heteroatoms. The van der Waals surface area contributed by atoms with E-state index in [1.54, 1.807) is 13.8 Å². The molecule has 2 aliphatic heterocycles. The van der Waals surface area contributed by atoms with E-state index in [4.69, 9.17) is 4.74 Å². The van der Waals surface area contributed by atoms with Crippen molar-refractivity contribution in [2.45, 2.75) is 36.1 Å². The number of carbonyl (C=O) groups excluding carboxylic acids is 2. The van der Waals surface area contributed by atoms with Crippen LogP contribution in [0.5, 0.6) is 5.75 Å². The van der Waals surface area contributed by atoms with Crippen molar-refractivity contribution in [1.82, 2.24) is 10.2 Å². The molecular formula is C16H17KN3O7S+. The topological polar surface area (TPSA) is 139 Å². The van der Waals surface area contributed by atoms with E-state index in [-0.39, 0.29) is 69.4 Å². The number of thioether (sulfide) groups is 1. The molecule has 2 aliphatic rings. The number of fused-ring (bicyclic) bond motifs is 1. The number of nitrogens with zero attached hydrogens (tertiary/aromatic N) is 2. The molecule has 28 heavy (non-hydrogen) atoms. The number of nitrogens with one attached hydrogen (secondary N) is 1. The second-order valence-corrected chi connectivity index (χ2v) is 8.45. The predicted molar refractivity (Wildman–Crippen MR) is 94.2 cm³/mol. The molecule has 1 aromatic rings. The Hall–Kier alpha value is -1.18. The molecule has 0 aliphatic carbocycles. The summed E-state index contributed by atoms with van der Waals surface area (Å²) >= 11 is 1.33. The van der Waals surface area contributed by atoms with E-state index >= 15 is 0 Å². The molecule has 2 N–H and O–H groups in total. The van der Waals surface area contributed by atoms with E-state index in [1.165, 1.54) is 40.9 Å². The van der Waals surface area contributed by atoms with Gasteiger partial charge in [-0.3, -0.25) is 19.7 Å². The van der Waals surface area contributed by atoms with Crippen LogP contribution in [-0.2, 0) is 14.4 Å². The van der Waals surface area contributed by atoms with Gasteiger partial charge in [-0.25, -0.2) is 4.79 Å². The number of carbonyl (C=O) groups is 3. The minimum Gasteiger partial charge on any atom is -0.484 e. The van der Waals surface area contributed by atoms with Gasteiger partial charge < -0.3 is 20.1 Å². The van der Waals surface area contributed by atoms with Gasteiger partial charge in [0.15, 0.2) is 6.61 Å². The third-order valence-corrected chi connectivity index (χ3v) is 5.98. The Labute approximate surface area is 206 Å². The Bertz CT molecular complexity index is 817. The van der Waals surface area contributed by atoms with Crippen LogP contribution in [0.3, 0.4) is 0 Å². The molecule has 2 fully saturated rings. The Balaban J connectivity index is 0.00000280. The first-order valence-electron chi connectivity index (χ1n) is 8.01. The van der Waals surface area contributed by atoms with Crippen molar-refractivity contribution < 1.29 is 80.5 Å². The number of nitro groups is 1. The smallest absolute Gasteiger partial charge is 0.484 e. The second kappa shape index (κ2) is 8.67. The van der Waals surface area contributed by atoms with Gasteiger partial charge >= 0.3 is 57.4 Å². The summed E-state index contributed by atoms with van der Waals surface area (Å²) in [5.74, 6) is -1.77. The number of amides is 2. The number of carboxylic acids is 1. The molecule has 0 aromatic heterocycles. The fourth-order valence-corrected chi connectivity index (χ4v) is 4.80. The van der Waals surface area contributed by atoms with Gasteiger partial charge in [0.1, 0.15) is 23.2 Å². The Morgan fingerprint density at radius 3 is 2.50 bits per heavy atom. The Morgan fingerprint density at radius 1 is 1.36 bits per heavy atom. The Kier molecular flexibility index (Phi) is 7.15. The predicted octanol–water partition coefficient (Wildman–Crippen LogP) is -2.39. The number of nitro benzene ring substituents is 1. The molecule has 0 radical (unpaired) electrons. The summed E-state index contributed by atoms with van der Waals surface area (Å²) in [5.41, 5.74) is -0.0965. The number of rotatable bonds is 6. The number of carboxylic acid groups (broad SMARTS) is 1. The maximum absolute atomic E-state index is 12.3. The van der Waals surface area contributed by atoms with Gasteiger partial charge in [0.2, 0.25) is 5.91 Å². The molecule has 2 heterocycles. The summed E-state index contributed by atoms with van der Waals surface area (Å²) in [4.78, 5) is 47.1. The van der Waals surface area contributed by atoms with Gasteiger partial charge in [0, 0.05) is 16.9 Å². The Morgan fingerprint density at radius 2 is 1.96 bits per heavy atom. The maximum atomic E-state index is 12.3. The third kappa shape index (κ3) is 4.36. The number of ether oxygens (including phenoxy) is 1. The van der Waals surface area contributed by atoms with Crippen LogP contribution in [0.1, 0.15) is 13.8 Å². The molecular weight excluding hydrogens is 417 g/mol. The minimum absolute atomic E-state index is 0. The number of benzene rings is 1. The van der Waals surface area contributed by atoms with Crippen molar-refractivity contribution in [3.05, 3.63) is 34.4 Å². The summed E-state index contributed by atoms with van der Waals surface area (Å²) in [6.45, 7) is 3.13. The number of β-lactam (4-membered cyclic amide) rings is 1. The zero-order valence-corrected chi connectivity index (χ0v) is 19.4. The minimum atomic E-state index is -1.07. The van der Waals surface area contributed by atoms with Crippen molar-refractivity contribution in [2.75, 3.05) is 6.61 Å². The largest absolute Gasteiger partial charge is 1.00 e. The van der Waals surface area contributed by atoms with E-state index < -0.39 is 44.9 Å². The van der Waals surface area contributed by atoms with Crippen molar-refractivity contribution >= 4 is 35.2 Å². The first kappa shape index (κ1) is 23.1.